The van der Waals surface area contributed by atoms with Crippen LogP contribution in [0.15, 0.2) is 158 Å². The van der Waals surface area contributed by atoms with Crippen LogP contribution in [0, 0.1) is 0 Å². The number of β-amino-alcohol motifs (C(OH)–C–C–N with tert-alkyl or cyclic N) is 2. The number of nitrogens with zero attached hydrogens (tertiary/aromatic N) is 5. The molecule has 0 spiro atoms. The van der Waals surface area contributed by atoms with Crippen molar-refractivity contribution in [1.82, 2.24) is 24.5 Å². The maximum Gasteiger partial charge on any atom is 0.160 e. The van der Waals surface area contributed by atoms with E-state index in [-0.39, 0.29) is 98.5 Å². The van der Waals surface area contributed by atoms with E-state index in [4.69, 9.17) is 79.6 Å². The Kier molecular flexibility index (Phi) is 49.4. The number of ether oxygens (including phenoxy) is 7. The van der Waals surface area contributed by atoms with Crippen LogP contribution in [0.4, 0.5) is 0 Å². The third kappa shape index (κ3) is 32.5. The lowest BCUT2D eigenvalue weighted by Gasteiger charge is -2.38. The maximum absolute atomic E-state index is 11.8. The maximum atomic E-state index is 11.8. The molecule has 0 bridgehead atoms. The normalized spacial score (nSPS) is 25.2. The predicted molar refractivity (Wildman–Crippen MR) is 533 cm³/mol. The van der Waals surface area contributed by atoms with Gasteiger partial charge in [0.2, 0.25) is 0 Å². The molecule has 16 nitrogen and oxygen atoms in total. The van der Waals surface area contributed by atoms with Crippen LogP contribution in [-0.4, -0.2) is 237 Å². The summed E-state index contributed by atoms with van der Waals surface area (Å²) in [5.74, 6) is 4.97. The number of hydrogen-bond donors (Lipinski definition) is 2. The molecule has 0 amide bonds. The number of benzene rings is 7. The number of halogens is 9. The summed E-state index contributed by atoms with van der Waals surface area (Å²) in [5, 5.41) is 25.2. The summed E-state index contributed by atoms with van der Waals surface area (Å²) >= 11 is 26.9. The first-order chi connectivity index (χ1) is 59.7. The van der Waals surface area contributed by atoms with E-state index in [9.17, 15) is 19.8 Å². The fourth-order valence-corrected chi connectivity index (χ4v) is 22.7. The summed E-state index contributed by atoms with van der Waals surface area (Å²) in [5.41, 5.74) is 7.14. The molecule has 17 rings (SSSR count). The van der Waals surface area contributed by atoms with Crippen LogP contribution in [0.2, 0.25) is 20.1 Å². The minimum absolute atomic E-state index is 0. The smallest absolute Gasteiger partial charge is 0.160 e. The van der Waals surface area contributed by atoms with Crippen molar-refractivity contribution in [3.05, 3.63) is 211 Å². The molecule has 127 heavy (non-hydrogen) atoms. The van der Waals surface area contributed by atoms with Gasteiger partial charge < -0.3 is 43.4 Å². The van der Waals surface area contributed by atoms with Crippen molar-refractivity contribution in [2.45, 2.75) is 259 Å². The number of methoxy groups -OCH3 is 2. The number of carbonyl (C=O) groups excluding carboxylic acids is 2. The van der Waals surface area contributed by atoms with Crippen molar-refractivity contribution >= 4 is 143 Å². The fraction of sp³-hybridized carbons (Fsp3) is 0.584. The van der Waals surface area contributed by atoms with E-state index in [1.807, 2.05) is 60.3 Å². The molecule has 12 atom stereocenters. The van der Waals surface area contributed by atoms with Gasteiger partial charge in [0.05, 0.1) is 103 Å². The van der Waals surface area contributed by atoms with E-state index < -0.39 is 0 Å². The molecule has 5 aliphatic carbocycles. The third-order valence-electron chi connectivity index (χ3n) is 27.1. The van der Waals surface area contributed by atoms with Crippen molar-refractivity contribution < 1.29 is 53.0 Å². The highest BCUT2D eigenvalue weighted by atomic mass is 35.5. The SMILES string of the molecule is COc1ccc(CCO[C@H]2CCCCC2N2CCC(O)C2)cc1OC.Cl.Cl.Cl.Cl.Cl.Clc1cccc(Cl)c1CCOC1CCCC[C@H]1N1CCSC1.O=C1CCN(C2CCCC[C@@H]2OCC(c2ccccc2)c2ccccc2)C1.O=C1CCN([C@@H]2CCCC[C@@H]2OCCc2cccc3ccccc23)C1.OC1CCN(C2CCCC[C@@H]2OCCc2c(Cl)cccc2Cl)C1. The van der Waals surface area contributed by atoms with E-state index >= 15 is 0 Å². The number of hydrogen-bond acceptors (Lipinski definition) is 17. The van der Waals surface area contributed by atoms with E-state index in [0.717, 1.165) is 156 Å². The lowest BCUT2D eigenvalue weighted by Crippen LogP contribution is -2.46. The Morgan fingerprint density at radius 3 is 1.18 bits per heavy atom. The van der Waals surface area contributed by atoms with Gasteiger partial charge in [0, 0.05) is 127 Å². The Morgan fingerprint density at radius 1 is 0.386 bits per heavy atom. The van der Waals surface area contributed by atoms with Gasteiger partial charge in [0.25, 0.3) is 0 Å². The molecule has 26 heteroatoms. The van der Waals surface area contributed by atoms with E-state index in [2.05, 4.69) is 134 Å². The van der Waals surface area contributed by atoms with Crippen molar-refractivity contribution in [3.63, 3.8) is 0 Å². The Hall–Kier alpha value is -3.78. The van der Waals surface area contributed by atoms with Gasteiger partial charge in [-0.25, -0.2) is 0 Å². The quantitative estimate of drug-likeness (QED) is 0.0477. The summed E-state index contributed by atoms with van der Waals surface area (Å²) in [6.45, 7) is 11.4. The van der Waals surface area contributed by atoms with Gasteiger partial charge in [0.15, 0.2) is 11.5 Å². The van der Waals surface area contributed by atoms with E-state index in [0.29, 0.717) is 110 Å². The summed E-state index contributed by atoms with van der Waals surface area (Å²) in [7, 11) is 3.31. The highest BCUT2D eigenvalue weighted by Gasteiger charge is 2.40. The number of rotatable bonds is 28. The van der Waals surface area contributed by atoms with E-state index in [1.54, 1.807) is 14.2 Å². The molecule has 5 aliphatic heterocycles. The highest BCUT2D eigenvalue weighted by Crippen LogP contribution is 2.38. The molecule has 5 saturated carbocycles. The first-order valence-electron chi connectivity index (χ1n) is 46.1. The average molecular weight is 1950 g/mol. The molecular weight excluding hydrogens is 1810 g/mol. The van der Waals surface area contributed by atoms with Crippen molar-refractivity contribution in [2.75, 3.05) is 118 Å². The van der Waals surface area contributed by atoms with Crippen LogP contribution in [0.5, 0.6) is 11.5 Å². The largest absolute Gasteiger partial charge is 0.493 e. The lowest BCUT2D eigenvalue weighted by molar-refractivity contribution is -0.118. The monoisotopic (exact) mass is 1950 g/mol. The van der Waals surface area contributed by atoms with Crippen LogP contribution in [0.25, 0.3) is 10.8 Å². The number of aliphatic hydroxyl groups is 2. The first kappa shape index (κ1) is 109. The molecule has 10 fully saturated rings. The van der Waals surface area contributed by atoms with E-state index in [1.165, 1.54) is 148 Å². The Bertz CT molecular complexity index is 4220. The molecule has 5 saturated heterocycles. The zero-order chi connectivity index (χ0) is 84.8. The number of Topliss-reactive ketones (excluding diaryl/α,β-unsaturated/α-hetero) is 2. The van der Waals surface area contributed by atoms with Crippen LogP contribution >= 0.6 is 120 Å². The molecule has 10 aliphatic rings. The van der Waals surface area contributed by atoms with Crippen LogP contribution in [0.3, 0.4) is 0 Å². The summed E-state index contributed by atoms with van der Waals surface area (Å²) < 4.78 is 42.3. The number of thioether (sulfide) groups is 1. The number of likely N-dealkylation sites (tertiary alicyclic amines) is 4. The minimum atomic E-state index is -0.167. The van der Waals surface area contributed by atoms with Gasteiger partial charge >= 0.3 is 0 Å². The number of fused-ring (bicyclic) bond motifs is 1. The fourth-order valence-electron chi connectivity index (χ4n) is 20.5. The summed E-state index contributed by atoms with van der Waals surface area (Å²) in [6, 6.07) is 56.1. The zero-order valence-electron chi connectivity index (χ0n) is 74.4. The molecule has 0 radical (unpaired) electrons. The van der Waals surface area contributed by atoms with Gasteiger partial charge in [-0.3, -0.25) is 34.1 Å². The molecule has 6 unspecified atom stereocenters. The van der Waals surface area contributed by atoms with Crippen molar-refractivity contribution in [3.8, 4) is 11.5 Å². The van der Waals surface area contributed by atoms with Crippen LogP contribution in [-0.2, 0) is 59.0 Å². The molecule has 704 valence electrons. The molecule has 2 N–H and O–H groups in total. The van der Waals surface area contributed by atoms with Gasteiger partial charge in [-0.05, 0) is 183 Å². The first-order valence-corrected chi connectivity index (χ1v) is 48.8. The lowest BCUT2D eigenvalue weighted by atomic mass is 9.90. The second-order valence-electron chi connectivity index (χ2n) is 35.1. The third-order valence-corrected chi connectivity index (χ3v) is 29.5. The Morgan fingerprint density at radius 2 is 0.772 bits per heavy atom. The second-order valence-corrected chi connectivity index (χ2v) is 37.8. The number of ketones is 2. The summed E-state index contributed by atoms with van der Waals surface area (Å²) in [6.07, 6.45) is 31.9. The molecule has 7 aromatic rings. The highest BCUT2D eigenvalue weighted by molar-refractivity contribution is 7.99. The number of carbonyl (C=O) groups is 2. The van der Waals surface area contributed by atoms with Gasteiger partial charge in [-0.1, -0.05) is 232 Å². The Labute approximate surface area is 812 Å². The van der Waals surface area contributed by atoms with Crippen molar-refractivity contribution in [1.29, 1.82) is 0 Å². The molecule has 0 aromatic heterocycles. The molecule has 7 aromatic carbocycles. The molecular formula is C101H140Cl9N5O11S. The second kappa shape index (κ2) is 57.8. The number of aliphatic hydroxyl groups excluding tert-OH is 2. The summed E-state index contributed by atoms with van der Waals surface area (Å²) in [4.78, 5) is 35.6. The van der Waals surface area contributed by atoms with Gasteiger partial charge in [-0.2, -0.15) is 0 Å². The predicted octanol–water partition coefficient (Wildman–Crippen LogP) is 22.0. The Balaban J connectivity index is 0.000000195. The average Bonchev–Trinajstić information content (AvgIpc) is 1.74. The van der Waals surface area contributed by atoms with Gasteiger partial charge in [0.1, 0.15) is 11.6 Å². The topological polar surface area (TPSA) is 155 Å². The van der Waals surface area contributed by atoms with Gasteiger partial charge in [-0.15, -0.1) is 73.8 Å². The zero-order valence-corrected chi connectivity index (χ0v) is 82.3. The standard InChI is InChI=1S/C24H29NO2.C22H27NO2.C20H31NO4.C18H25Cl2NO2.C17H23Cl2NOS.5ClH/c26-21-15-16-25(17-21)23-13-7-8-14-24(23)27-18-22(19-9-3-1-4-10-19)20-11-5-2-6-12-20;24-19-12-14-23(16-19)21-10-3-4-11-22(21)25-15-13-18-8-5-7-17-6-1-2-9-20(17)18;1-23-19-8-7-15(13-20(19)24-2)10-12-25-18-6-4-3-5-17(18)21-11-9-16(22)14-21;19-15-4-3-5-16(20)14(15)9-11-23-18-7-2-1-6-17(18)21-10-8-13(22)12-21;18-14-4-3-5-15(19)13(14)8-10-21-17-7-2-1-6-16(17)20-9-11-22-12-20;;;;;/h1-6,9-12,22-24H,7-8,13-18H2;1-2,5-9,21-22H,3-4,10-16H2;7-8,13,16-18,22H,3-6,9-12,14H2,1-2H3;3-5,13,17-18,22H,1-2,6-12H2;3-5,16-17H,1-2,6-12H2;5*1H/t23?,24-;21-,22+;16?,17?,18-;13?,17?,18-;16-,17?;;;;;/m01001...../s1. The van der Waals surface area contributed by atoms with Crippen LogP contribution in [0.1, 0.15) is 193 Å². The minimum Gasteiger partial charge on any atom is -0.493 e. The van der Waals surface area contributed by atoms with Crippen molar-refractivity contribution in [2.24, 2.45) is 0 Å². The molecule has 5 heterocycles. The van der Waals surface area contributed by atoms with Crippen LogP contribution < -0.4 is 9.47 Å².